The van der Waals surface area contributed by atoms with Crippen LogP contribution in [-0.4, -0.2) is 26.8 Å². The quantitative estimate of drug-likeness (QED) is 0.861. The lowest BCUT2D eigenvalue weighted by Crippen LogP contribution is -2.45. The predicted octanol–water partition coefficient (Wildman–Crippen LogP) is 2.71. The second-order valence-corrected chi connectivity index (χ2v) is 5.96. The van der Waals surface area contributed by atoms with E-state index >= 15 is 0 Å². The molecule has 0 aliphatic rings. The SMILES string of the molecule is CS(=O)(=O)c1ccc([C@@H](N)C(F)(F)C(F)(F)F)cc1.Cl. The highest BCUT2D eigenvalue weighted by molar-refractivity contribution is 7.90. The average molecular weight is 340 g/mol. The molecule has 0 aliphatic heterocycles. The molecule has 0 amide bonds. The van der Waals surface area contributed by atoms with E-state index in [4.69, 9.17) is 5.73 Å². The fourth-order valence-electron chi connectivity index (χ4n) is 1.31. The van der Waals surface area contributed by atoms with Gasteiger partial charge in [0.15, 0.2) is 9.84 Å². The second kappa shape index (κ2) is 5.82. The van der Waals surface area contributed by atoms with Crippen molar-refractivity contribution in [1.29, 1.82) is 0 Å². The predicted molar refractivity (Wildman–Crippen MR) is 64.7 cm³/mol. The van der Waals surface area contributed by atoms with E-state index in [1.807, 2.05) is 0 Å². The minimum Gasteiger partial charge on any atom is -0.319 e. The maximum Gasteiger partial charge on any atom is 0.455 e. The van der Waals surface area contributed by atoms with Gasteiger partial charge in [-0.2, -0.15) is 22.0 Å². The van der Waals surface area contributed by atoms with E-state index in [-0.39, 0.29) is 17.3 Å². The second-order valence-electron chi connectivity index (χ2n) is 3.94. The number of halogens is 6. The fourth-order valence-corrected chi connectivity index (χ4v) is 1.94. The Morgan fingerprint density at radius 2 is 1.45 bits per heavy atom. The van der Waals surface area contributed by atoms with Crippen LogP contribution in [-0.2, 0) is 9.84 Å². The van der Waals surface area contributed by atoms with Gasteiger partial charge in [-0.1, -0.05) is 12.1 Å². The van der Waals surface area contributed by atoms with Crippen molar-refractivity contribution in [2.24, 2.45) is 5.73 Å². The molecule has 116 valence electrons. The number of alkyl halides is 5. The van der Waals surface area contributed by atoms with E-state index in [0.29, 0.717) is 0 Å². The zero-order valence-electron chi connectivity index (χ0n) is 9.99. The van der Waals surface area contributed by atoms with Crippen molar-refractivity contribution >= 4 is 22.2 Å². The van der Waals surface area contributed by atoms with Crippen LogP contribution >= 0.6 is 12.4 Å². The number of nitrogens with two attached hydrogens (primary N) is 1. The van der Waals surface area contributed by atoms with Crippen molar-refractivity contribution < 1.29 is 30.4 Å². The first-order valence-corrected chi connectivity index (χ1v) is 6.76. The third-order valence-electron chi connectivity index (χ3n) is 2.44. The molecule has 0 aliphatic carbocycles. The lowest BCUT2D eigenvalue weighted by atomic mass is 10.0. The Hall–Kier alpha value is -0.930. The summed E-state index contributed by atoms with van der Waals surface area (Å²) in [7, 11) is -3.56. The summed E-state index contributed by atoms with van der Waals surface area (Å²) in [6.07, 6.45) is -4.89. The number of hydrogen-bond acceptors (Lipinski definition) is 3. The summed E-state index contributed by atoms with van der Waals surface area (Å²) in [5, 5.41) is 0. The first-order chi connectivity index (χ1) is 8.37. The van der Waals surface area contributed by atoms with Gasteiger partial charge in [0, 0.05) is 6.26 Å². The first kappa shape index (κ1) is 19.1. The van der Waals surface area contributed by atoms with Crippen LogP contribution < -0.4 is 5.73 Å². The molecule has 0 heterocycles. The average Bonchev–Trinajstić information content (AvgIpc) is 2.25. The highest BCUT2D eigenvalue weighted by Gasteiger charge is 2.61. The van der Waals surface area contributed by atoms with Crippen molar-refractivity contribution in [3.63, 3.8) is 0 Å². The molecular formula is C10H11ClF5NO2S. The van der Waals surface area contributed by atoms with Crippen LogP contribution in [0.5, 0.6) is 0 Å². The minimum atomic E-state index is -5.78. The van der Waals surface area contributed by atoms with Gasteiger partial charge in [0.25, 0.3) is 0 Å². The van der Waals surface area contributed by atoms with Gasteiger partial charge in [0.1, 0.15) is 6.04 Å². The van der Waals surface area contributed by atoms with E-state index in [0.717, 1.165) is 30.5 Å². The number of rotatable bonds is 3. The third-order valence-corrected chi connectivity index (χ3v) is 3.56. The molecule has 1 aromatic carbocycles. The summed E-state index contributed by atoms with van der Waals surface area (Å²) in [6, 6.07) is 0.927. The zero-order chi connectivity index (χ0) is 15.1. The van der Waals surface area contributed by atoms with Crippen LogP contribution in [0.15, 0.2) is 29.2 Å². The molecule has 0 saturated heterocycles. The molecule has 0 radical (unpaired) electrons. The topological polar surface area (TPSA) is 60.2 Å². The van der Waals surface area contributed by atoms with Crippen molar-refractivity contribution in [2.45, 2.75) is 23.0 Å². The third kappa shape index (κ3) is 3.80. The molecule has 1 aromatic rings. The summed E-state index contributed by atoms with van der Waals surface area (Å²) in [4.78, 5) is -0.196. The monoisotopic (exact) mass is 339 g/mol. The summed E-state index contributed by atoms with van der Waals surface area (Å²) >= 11 is 0. The Morgan fingerprint density at radius 3 is 1.75 bits per heavy atom. The van der Waals surface area contributed by atoms with Crippen LogP contribution in [0.1, 0.15) is 11.6 Å². The summed E-state index contributed by atoms with van der Waals surface area (Å²) < 4.78 is 84.5. The molecule has 0 fully saturated rings. The molecule has 0 bridgehead atoms. The van der Waals surface area contributed by atoms with Gasteiger partial charge in [-0.3, -0.25) is 0 Å². The molecule has 0 unspecified atom stereocenters. The molecule has 10 heteroatoms. The summed E-state index contributed by atoms with van der Waals surface area (Å²) in [6.45, 7) is 0. The molecule has 1 rings (SSSR count). The molecule has 20 heavy (non-hydrogen) atoms. The number of benzene rings is 1. The highest BCUT2D eigenvalue weighted by atomic mass is 35.5. The van der Waals surface area contributed by atoms with Crippen LogP contribution in [0.25, 0.3) is 0 Å². The number of hydrogen-bond donors (Lipinski definition) is 1. The lowest BCUT2D eigenvalue weighted by molar-refractivity contribution is -0.291. The Kier molecular flexibility index (Phi) is 5.55. The zero-order valence-corrected chi connectivity index (χ0v) is 11.6. The molecule has 2 N–H and O–H groups in total. The molecule has 0 aromatic heterocycles. The standard InChI is InChI=1S/C10H10F5NO2S.ClH/c1-19(17,18)7-4-2-6(3-5-7)8(16)9(11,12)10(13,14)15;/h2-5,8H,16H2,1H3;1H/t8-;/m1./s1. The fraction of sp³-hybridized carbons (Fsp3) is 0.400. The van der Waals surface area contributed by atoms with Gasteiger partial charge in [-0.25, -0.2) is 8.42 Å². The smallest absolute Gasteiger partial charge is 0.319 e. The van der Waals surface area contributed by atoms with Crippen molar-refractivity contribution in [1.82, 2.24) is 0 Å². The van der Waals surface area contributed by atoms with Crippen LogP contribution in [0.4, 0.5) is 22.0 Å². The van der Waals surface area contributed by atoms with Crippen LogP contribution in [0.3, 0.4) is 0 Å². The van der Waals surface area contributed by atoms with Crippen LogP contribution in [0, 0.1) is 0 Å². The lowest BCUT2D eigenvalue weighted by Gasteiger charge is -2.25. The maximum absolute atomic E-state index is 13.0. The number of sulfone groups is 1. The van der Waals surface area contributed by atoms with Gasteiger partial charge < -0.3 is 5.73 Å². The largest absolute Gasteiger partial charge is 0.455 e. The highest BCUT2D eigenvalue weighted by Crippen LogP contribution is 2.43. The summed E-state index contributed by atoms with van der Waals surface area (Å²) in [5.41, 5.74) is 4.39. The molecule has 0 spiro atoms. The normalized spacial score (nSPS) is 14.6. The van der Waals surface area contributed by atoms with Gasteiger partial charge >= 0.3 is 12.1 Å². The minimum absolute atomic E-state index is 0. The van der Waals surface area contributed by atoms with E-state index in [1.165, 1.54) is 0 Å². The Labute approximate surface area is 118 Å². The first-order valence-electron chi connectivity index (χ1n) is 4.87. The van der Waals surface area contributed by atoms with Gasteiger partial charge in [0.05, 0.1) is 4.90 Å². The molecule has 1 atom stereocenters. The van der Waals surface area contributed by atoms with E-state index in [9.17, 15) is 30.4 Å². The van der Waals surface area contributed by atoms with Gasteiger partial charge in [-0.05, 0) is 17.7 Å². The van der Waals surface area contributed by atoms with Gasteiger partial charge in [0.2, 0.25) is 0 Å². The Bertz CT molecular complexity index is 556. The van der Waals surface area contributed by atoms with Gasteiger partial charge in [-0.15, -0.1) is 12.4 Å². The van der Waals surface area contributed by atoms with Crippen LogP contribution in [0.2, 0.25) is 0 Å². The van der Waals surface area contributed by atoms with Crippen molar-refractivity contribution in [2.75, 3.05) is 6.26 Å². The molecule has 0 saturated carbocycles. The summed E-state index contributed by atoms with van der Waals surface area (Å²) in [5.74, 6) is -5.10. The Morgan fingerprint density at radius 1 is 1.05 bits per heavy atom. The van der Waals surface area contributed by atoms with E-state index < -0.39 is 33.5 Å². The molecule has 3 nitrogen and oxygen atoms in total. The van der Waals surface area contributed by atoms with Crippen molar-refractivity contribution in [3.8, 4) is 0 Å². The Balaban J connectivity index is 0.00000361. The maximum atomic E-state index is 13.0. The van der Waals surface area contributed by atoms with Crippen molar-refractivity contribution in [3.05, 3.63) is 29.8 Å². The van der Waals surface area contributed by atoms with E-state index in [1.54, 1.807) is 0 Å². The van der Waals surface area contributed by atoms with E-state index in [2.05, 4.69) is 0 Å². The molecular weight excluding hydrogens is 329 g/mol.